The third-order valence-electron chi connectivity index (χ3n) is 3.87. The molecule has 0 aliphatic heterocycles. The zero-order chi connectivity index (χ0) is 19.9. The van der Waals surface area contributed by atoms with Crippen LogP contribution in [-0.2, 0) is 14.8 Å². The first-order chi connectivity index (χ1) is 12.9. The van der Waals surface area contributed by atoms with Crippen LogP contribution in [0.4, 0.5) is 5.69 Å². The maximum absolute atomic E-state index is 13.1. The van der Waals surface area contributed by atoms with Crippen LogP contribution in [0.15, 0.2) is 64.6 Å². The van der Waals surface area contributed by atoms with E-state index >= 15 is 0 Å². The second kappa shape index (κ2) is 9.53. The van der Waals surface area contributed by atoms with Crippen molar-refractivity contribution in [2.75, 3.05) is 10.8 Å². The van der Waals surface area contributed by atoms with E-state index in [1.807, 2.05) is 13.8 Å². The number of anilines is 1. The molecule has 2 aromatic carbocycles. The monoisotopic (exact) mass is 407 g/mol. The molecule has 0 saturated carbocycles. The smallest absolute Gasteiger partial charge is 0.264 e. The molecular weight excluding hydrogens is 386 g/mol. The van der Waals surface area contributed by atoms with Crippen molar-refractivity contribution in [3.05, 3.63) is 59.6 Å². The van der Waals surface area contributed by atoms with Gasteiger partial charge in [-0.2, -0.15) is 5.10 Å². The molecule has 0 radical (unpaired) electrons. The molecule has 8 heteroatoms. The second-order valence-electron chi connectivity index (χ2n) is 5.72. The number of hydrazone groups is 1. The number of benzene rings is 2. The van der Waals surface area contributed by atoms with E-state index in [-0.39, 0.29) is 4.90 Å². The third-order valence-corrected chi connectivity index (χ3v) is 5.89. The average molecular weight is 408 g/mol. The zero-order valence-corrected chi connectivity index (χ0v) is 16.8. The predicted molar refractivity (Wildman–Crippen MR) is 109 cm³/mol. The van der Waals surface area contributed by atoms with Gasteiger partial charge >= 0.3 is 0 Å². The van der Waals surface area contributed by atoms with E-state index in [0.717, 1.165) is 10.0 Å². The maximum atomic E-state index is 13.1. The van der Waals surface area contributed by atoms with E-state index in [1.165, 1.54) is 18.2 Å². The van der Waals surface area contributed by atoms with E-state index in [2.05, 4.69) is 10.5 Å². The molecule has 0 saturated heterocycles. The van der Waals surface area contributed by atoms with Crippen molar-refractivity contribution in [1.82, 2.24) is 5.43 Å². The highest BCUT2D eigenvalue weighted by Gasteiger charge is 2.27. The van der Waals surface area contributed by atoms with Gasteiger partial charge in [-0.1, -0.05) is 49.7 Å². The van der Waals surface area contributed by atoms with Crippen LogP contribution in [-0.4, -0.2) is 26.6 Å². The highest BCUT2D eigenvalue weighted by atomic mass is 35.5. The number of hydrogen-bond acceptors (Lipinski definition) is 4. The molecule has 0 unspecified atom stereocenters. The fourth-order valence-electron chi connectivity index (χ4n) is 2.38. The van der Waals surface area contributed by atoms with Crippen LogP contribution in [0.5, 0.6) is 0 Å². The molecule has 0 heterocycles. The largest absolute Gasteiger partial charge is 0.271 e. The molecular formula is C19H22ClN3O3S. The fourth-order valence-corrected chi connectivity index (χ4v) is 4.00. The number of amides is 1. The lowest BCUT2D eigenvalue weighted by Gasteiger charge is -2.24. The lowest BCUT2D eigenvalue weighted by Crippen LogP contribution is -2.39. The highest BCUT2D eigenvalue weighted by Crippen LogP contribution is 2.25. The Morgan fingerprint density at radius 3 is 2.33 bits per heavy atom. The summed E-state index contributed by atoms with van der Waals surface area (Å²) in [6.07, 6.45) is 1.41. The summed E-state index contributed by atoms with van der Waals surface area (Å²) in [6, 6.07) is 14.3. The Morgan fingerprint density at radius 1 is 1.07 bits per heavy atom. The number of nitrogens with one attached hydrogen (secondary N) is 1. The molecule has 2 rings (SSSR count). The SMILES string of the molecule is CCC(CC)=NNC(=O)CN(c1cccc(Cl)c1)S(=O)(=O)c1ccccc1. The molecule has 2 aromatic rings. The number of sulfonamides is 1. The Kier molecular flexibility index (Phi) is 7.38. The van der Waals surface area contributed by atoms with Gasteiger partial charge in [-0.25, -0.2) is 13.8 Å². The fraction of sp³-hybridized carbons (Fsp3) is 0.263. The zero-order valence-electron chi connectivity index (χ0n) is 15.2. The molecule has 27 heavy (non-hydrogen) atoms. The molecule has 6 nitrogen and oxygen atoms in total. The first-order valence-electron chi connectivity index (χ1n) is 8.56. The molecule has 0 aliphatic carbocycles. The molecule has 144 valence electrons. The number of rotatable bonds is 8. The van der Waals surface area contributed by atoms with Gasteiger partial charge in [0.1, 0.15) is 6.54 Å². The van der Waals surface area contributed by atoms with Crippen molar-refractivity contribution < 1.29 is 13.2 Å². The van der Waals surface area contributed by atoms with Gasteiger partial charge in [0, 0.05) is 10.7 Å². The maximum Gasteiger partial charge on any atom is 0.264 e. The van der Waals surface area contributed by atoms with Crippen molar-refractivity contribution in [3.8, 4) is 0 Å². The minimum absolute atomic E-state index is 0.0871. The Hall–Kier alpha value is -2.38. The predicted octanol–water partition coefficient (Wildman–Crippen LogP) is 3.83. The quantitative estimate of drug-likeness (QED) is 0.533. The number of halogens is 1. The molecule has 0 atom stereocenters. The average Bonchev–Trinajstić information content (AvgIpc) is 2.67. The Bertz CT molecular complexity index is 909. The molecule has 0 fully saturated rings. The standard InChI is InChI=1S/C19H22ClN3O3S/c1-3-16(4-2)21-22-19(24)14-23(17-10-8-9-15(20)13-17)27(25,26)18-11-6-5-7-12-18/h5-13H,3-4,14H2,1-2H3,(H,22,24). The highest BCUT2D eigenvalue weighted by molar-refractivity contribution is 7.92. The van der Waals surface area contributed by atoms with Crippen LogP contribution in [0.3, 0.4) is 0 Å². The Balaban J connectivity index is 2.37. The van der Waals surface area contributed by atoms with Gasteiger partial charge in [0.2, 0.25) is 0 Å². The molecule has 0 bridgehead atoms. The van der Waals surface area contributed by atoms with Crippen LogP contribution in [0.1, 0.15) is 26.7 Å². The van der Waals surface area contributed by atoms with Gasteiger partial charge in [-0.05, 0) is 43.2 Å². The third kappa shape index (κ3) is 5.55. The summed E-state index contributed by atoms with van der Waals surface area (Å²) in [4.78, 5) is 12.5. The molecule has 0 spiro atoms. The Labute approximate surface area is 164 Å². The van der Waals surface area contributed by atoms with Crippen LogP contribution < -0.4 is 9.73 Å². The van der Waals surface area contributed by atoms with E-state index < -0.39 is 22.5 Å². The lowest BCUT2D eigenvalue weighted by molar-refractivity contribution is -0.119. The molecule has 1 amide bonds. The minimum Gasteiger partial charge on any atom is -0.271 e. The summed E-state index contributed by atoms with van der Waals surface area (Å²) >= 11 is 6.02. The summed E-state index contributed by atoms with van der Waals surface area (Å²) in [5.41, 5.74) is 3.56. The van der Waals surface area contributed by atoms with Crippen LogP contribution in [0.2, 0.25) is 5.02 Å². The van der Waals surface area contributed by atoms with Crippen LogP contribution in [0.25, 0.3) is 0 Å². The summed E-state index contributed by atoms with van der Waals surface area (Å²) in [5.74, 6) is -0.533. The van der Waals surface area contributed by atoms with Gasteiger partial charge in [0.15, 0.2) is 0 Å². The van der Waals surface area contributed by atoms with Gasteiger partial charge in [-0.3, -0.25) is 9.10 Å². The van der Waals surface area contributed by atoms with E-state index in [9.17, 15) is 13.2 Å². The molecule has 0 aromatic heterocycles. The van der Waals surface area contributed by atoms with Gasteiger partial charge in [0.05, 0.1) is 10.6 Å². The van der Waals surface area contributed by atoms with Crippen molar-refractivity contribution >= 4 is 38.9 Å². The first-order valence-corrected chi connectivity index (χ1v) is 10.4. The van der Waals surface area contributed by atoms with Crippen LogP contribution in [0, 0.1) is 0 Å². The number of carbonyl (C=O) groups is 1. The normalized spacial score (nSPS) is 10.9. The number of carbonyl (C=O) groups excluding carboxylic acids is 1. The van der Waals surface area contributed by atoms with Crippen LogP contribution >= 0.6 is 11.6 Å². The van der Waals surface area contributed by atoms with Crippen molar-refractivity contribution in [3.63, 3.8) is 0 Å². The van der Waals surface area contributed by atoms with Gasteiger partial charge in [-0.15, -0.1) is 0 Å². The number of nitrogens with zero attached hydrogens (tertiary/aromatic N) is 2. The summed E-state index contributed by atoms with van der Waals surface area (Å²) < 4.78 is 27.2. The lowest BCUT2D eigenvalue weighted by atomic mass is 10.2. The van der Waals surface area contributed by atoms with Crippen molar-refractivity contribution in [2.45, 2.75) is 31.6 Å². The first kappa shape index (κ1) is 20.9. The molecule has 1 N–H and O–H groups in total. The van der Waals surface area contributed by atoms with Gasteiger partial charge in [0.25, 0.3) is 15.9 Å². The summed E-state index contributed by atoms with van der Waals surface area (Å²) in [6.45, 7) is 3.46. The van der Waals surface area contributed by atoms with Crippen molar-refractivity contribution in [2.24, 2.45) is 5.10 Å². The second-order valence-corrected chi connectivity index (χ2v) is 8.02. The van der Waals surface area contributed by atoms with E-state index in [1.54, 1.807) is 36.4 Å². The molecule has 0 aliphatic rings. The topological polar surface area (TPSA) is 78.8 Å². The number of hydrogen-bond donors (Lipinski definition) is 1. The van der Waals surface area contributed by atoms with E-state index in [4.69, 9.17) is 11.6 Å². The van der Waals surface area contributed by atoms with Crippen molar-refractivity contribution in [1.29, 1.82) is 0 Å². The minimum atomic E-state index is -3.95. The van der Waals surface area contributed by atoms with Gasteiger partial charge < -0.3 is 0 Å². The Morgan fingerprint density at radius 2 is 1.74 bits per heavy atom. The summed E-state index contributed by atoms with van der Waals surface area (Å²) in [5, 5.41) is 4.42. The van der Waals surface area contributed by atoms with E-state index in [0.29, 0.717) is 23.6 Å². The summed E-state index contributed by atoms with van der Waals surface area (Å²) in [7, 11) is -3.95.